The molecule has 0 aromatic carbocycles. The van der Waals surface area contributed by atoms with Gasteiger partial charge in [-0.25, -0.2) is 0 Å². The van der Waals surface area contributed by atoms with Crippen molar-refractivity contribution in [3.8, 4) is 0 Å². The van der Waals surface area contributed by atoms with E-state index in [0.717, 1.165) is 12.0 Å². The Morgan fingerprint density at radius 3 is 2.44 bits per heavy atom. The van der Waals surface area contributed by atoms with Gasteiger partial charge in [0, 0.05) is 25.2 Å². The predicted molar refractivity (Wildman–Crippen MR) is 81.0 cm³/mol. The van der Waals surface area contributed by atoms with Gasteiger partial charge in [-0.2, -0.15) is 0 Å². The number of rotatable bonds is 5. The Balaban J connectivity index is 2.59. The zero-order valence-corrected chi connectivity index (χ0v) is 13.4. The van der Waals surface area contributed by atoms with E-state index in [9.17, 15) is 0 Å². The first-order valence-electron chi connectivity index (χ1n) is 7.84. The highest BCUT2D eigenvalue weighted by molar-refractivity contribution is 4.88. The molecule has 1 aliphatic rings. The molecular formula is C16H34N2. The topological polar surface area (TPSA) is 15.3 Å². The maximum atomic E-state index is 3.72. The van der Waals surface area contributed by atoms with Gasteiger partial charge in [0.2, 0.25) is 0 Å². The third kappa shape index (κ3) is 4.89. The Bertz CT molecular complexity index is 232. The molecular weight excluding hydrogens is 220 g/mol. The molecule has 0 saturated carbocycles. The molecule has 0 aliphatic carbocycles. The first-order valence-corrected chi connectivity index (χ1v) is 7.84. The van der Waals surface area contributed by atoms with Crippen LogP contribution in [-0.4, -0.2) is 36.6 Å². The van der Waals surface area contributed by atoms with Crippen LogP contribution in [0.1, 0.15) is 60.8 Å². The Kier molecular flexibility index (Phi) is 6.13. The first kappa shape index (κ1) is 16.0. The minimum atomic E-state index is 0.451. The molecule has 3 atom stereocenters. The summed E-state index contributed by atoms with van der Waals surface area (Å²) >= 11 is 0. The molecule has 3 unspecified atom stereocenters. The first-order chi connectivity index (χ1) is 8.37. The fraction of sp³-hybridized carbons (Fsp3) is 1.00. The Morgan fingerprint density at radius 2 is 1.94 bits per heavy atom. The summed E-state index contributed by atoms with van der Waals surface area (Å²) in [7, 11) is 0. The van der Waals surface area contributed by atoms with Gasteiger partial charge in [-0.1, -0.05) is 48.0 Å². The lowest BCUT2D eigenvalue weighted by Gasteiger charge is -2.43. The highest BCUT2D eigenvalue weighted by Gasteiger charge is 2.30. The zero-order chi connectivity index (χ0) is 13.8. The molecule has 0 aromatic rings. The fourth-order valence-electron chi connectivity index (χ4n) is 2.74. The summed E-state index contributed by atoms with van der Waals surface area (Å²) in [6, 6.07) is 1.44. The molecule has 1 aliphatic heterocycles. The molecule has 0 amide bonds. The lowest BCUT2D eigenvalue weighted by Crippen LogP contribution is -2.58. The van der Waals surface area contributed by atoms with E-state index in [2.05, 4.69) is 51.8 Å². The molecule has 1 N–H and O–H groups in total. The van der Waals surface area contributed by atoms with Gasteiger partial charge in [-0.15, -0.1) is 0 Å². The fourth-order valence-corrected chi connectivity index (χ4v) is 2.74. The van der Waals surface area contributed by atoms with E-state index in [1.807, 2.05) is 0 Å². The maximum Gasteiger partial charge on any atom is 0.0246 e. The normalized spacial score (nSPS) is 28.3. The quantitative estimate of drug-likeness (QED) is 0.807. The average molecular weight is 254 g/mol. The van der Waals surface area contributed by atoms with Gasteiger partial charge >= 0.3 is 0 Å². The summed E-state index contributed by atoms with van der Waals surface area (Å²) in [5, 5.41) is 3.72. The van der Waals surface area contributed by atoms with Crippen LogP contribution in [0.2, 0.25) is 0 Å². The van der Waals surface area contributed by atoms with Crippen LogP contribution in [0.5, 0.6) is 0 Å². The van der Waals surface area contributed by atoms with Crippen LogP contribution < -0.4 is 5.32 Å². The van der Waals surface area contributed by atoms with Crippen LogP contribution in [0.3, 0.4) is 0 Å². The largest absolute Gasteiger partial charge is 0.311 e. The molecule has 1 saturated heterocycles. The lowest BCUT2D eigenvalue weighted by molar-refractivity contribution is 0.0791. The summed E-state index contributed by atoms with van der Waals surface area (Å²) in [5.41, 5.74) is 0.451. The molecule has 0 spiro atoms. The molecule has 1 fully saturated rings. The van der Waals surface area contributed by atoms with E-state index in [0.29, 0.717) is 11.5 Å². The molecule has 0 radical (unpaired) electrons. The summed E-state index contributed by atoms with van der Waals surface area (Å²) in [6.07, 6.45) is 3.84. The van der Waals surface area contributed by atoms with E-state index in [1.54, 1.807) is 0 Å². The van der Waals surface area contributed by atoms with Crippen molar-refractivity contribution in [2.75, 3.05) is 19.6 Å². The van der Waals surface area contributed by atoms with Gasteiger partial charge in [-0.3, -0.25) is 4.90 Å². The smallest absolute Gasteiger partial charge is 0.0246 e. The SMILES string of the molecule is CCC1CN(CCC(C)(C)C)C(C(C)CC)CN1. The van der Waals surface area contributed by atoms with E-state index in [4.69, 9.17) is 0 Å². The van der Waals surface area contributed by atoms with Gasteiger partial charge in [-0.05, 0) is 30.7 Å². The summed E-state index contributed by atoms with van der Waals surface area (Å²) in [4.78, 5) is 2.75. The average Bonchev–Trinajstić information content (AvgIpc) is 2.34. The second kappa shape index (κ2) is 6.91. The zero-order valence-electron chi connectivity index (χ0n) is 13.4. The monoisotopic (exact) mass is 254 g/mol. The summed E-state index contributed by atoms with van der Waals surface area (Å²) < 4.78 is 0. The third-order valence-electron chi connectivity index (χ3n) is 4.48. The highest BCUT2D eigenvalue weighted by Crippen LogP contribution is 2.24. The molecule has 1 rings (SSSR count). The molecule has 0 aromatic heterocycles. The van der Waals surface area contributed by atoms with Gasteiger partial charge in [0.15, 0.2) is 0 Å². The molecule has 1 heterocycles. The Morgan fingerprint density at radius 1 is 1.28 bits per heavy atom. The van der Waals surface area contributed by atoms with Gasteiger partial charge in [0.1, 0.15) is 0 Å². The van der Waals surface area contributed by atoms with E-state index >= 15 is 0 Å². The lowest BCUT2D eigenvalue weighted by atomic mass is 9.89. The number of hydrogen-bond acceptors (Lipinski definition) is 2. The van der Waals surface area contributed by atoms with E-state index < -0.39 is 0 Å². The maximum absolute atomic E-state index is 3.72. The Hall–Kier alpha value is -0.0800. The number of hydrogen-bond donors (Lipinski definition) is 1. The molecule has 0 bridgehead atoms. The molecule has 18 heavy (non-hydrogen) atoms. The minimum absolute atomic E-state index is 0.451. The van der Waals surface area contributed by atoms with Crippen molar-refractivity contribution in [2.45, 2.75) is 72.9 Å². The second-order valence-electron chi connectivity index (χ2n) is 7.27. The van der Waals surface area contributed by atoms with Gasteiger partial charge < -0.3 is 5.32 Å². The van der Waals surface area contributed by atoms with E-state index in [1.165, 1.54) is 38.9 Å². The van der Waals surface area contributed by atoms with Crippen LogP contribution in [0.15, 0.2) is 0 Å². The standard InChI is InChI=1S/C16H34N2/c1-7-13(3)15-11-17-14(8-2)12-18(15)10-9-16(4,5)6/h13-15,17H,7-12H2,1-6H3. The van der Waals surface area contributed by atoms with Gasteiger partial charge in [0.25, 0.3) is 0 Å². The van der Waals surface area contributed by atoms with Crippen LogP contribution in [0, 0.1) is 11.3 Å². The highest BCUT2D eigenvalue weighted by atomic mass is 15.2. The van der Waals surface area contributed by atoms with Crippen LogP contribution in [0.25, 0.3) is 0 Å². The summed E-state index contributed by atoms with van der Waals surface area (Å²) in [6.45, 7) is 17.8. The Labute approximate surface area is 115 Å². The second-order valence-corrected chi connectivity index (χ2v) is 7.27. The van der Waals surface area contributed by atoms with Crippen molar-refractivity contribution >= 4 is 0 Å². The van der Waals surface area contributed by atoms with Crippen LogP contribution in [-0.2, 0) is 0 Å². The molecule has 2 heteroatoms. The van der Waals surface area contributed by atoms with E-state index in [-0.39, 0.29) is 0 Å². The minimum Gasteiger partial charge on any atom is -0.311 e. The number of piperazine rings is 1. The number of nitrogens with zero attached hydrogens (tertiary/aromatic N) is 1. The van der Waals surface area contributed by atoms with Crippen molar-refractivity contribution < 1.29 is 0 Å². The van der Waals surface area contributed by atoms with Crippen LogP contribution >= 0.6 is 0 Å². The van der Waals surface area contributed by atoms with Crippen molar-refractivity contribution in [1.29, 1.82) is 0 Å². The van der Waals surface area contributed by atoms with Crippen molar-refractivity contribution in [1.82, 2.24) is 10.2 Å². The third-order valence-corrected chi connectivity index (χ3v) is 4.48. The van der Waals surface area contributed by atoms with Crippen molar-refractivity contribution in [3.63, 3.8) is 0 Å². The number of nitrogens with one attached hydrogen (secondary N) is 1. The van der Waals surface area contributed by atoms with Crippen molar-refractivity contribution in [3.05, 3.63) is 0 Å². The van der Waals surface area contributed by atoms with Crippen LogP contribution in [0.4, 0.5) is 0 Å². The predicted octanol–water partition coefficient (Wildman–Crippen LogP) is 3.52. The van der Waals surface area contributed by atoms with Gasteiger partial charge in [0.05, 0.1) is 0 Å². The molecule has 108 valence electrons. The van der Waals surface area contributed by atoms with Crippen molar-refractivity contribution in [2.24, 2.45) is 11.3 Å². The summed E-state index contributed by atoms with van der Waals surface area (Å²) in [5.74, 6) is 0.801. The molecule has 2 nitrogen and oxygen atoms in total.